The van der Waals surface area contributed by atoms with Crippen LogP contribution in [0.25, 0.3) is 0 Å². The van der Waals surface area contributed by atoms with Crippen LogP contribution in [0.15, 0.2) is 12.1 Å². The summed E-state index contributed by atoms with van der Waals surface area (Å²) in [5.74, 6) is 1.98. The second-order valence-corrected chi connectivity index (χ2v) is 6.83. The number of ether oxygens (including phenoxy) is 4. The molecule has 0 saturated carbocycles. The highest BCUT2D eigenvalue weighted by Gasteiger charge is 2.46. The summed E-state index contributed by atoms with van der Waals surface area (Å²) in [6.07, 6.45) is 1.53. The maximum absolute atomic E-state index is 11.9. The highest BCUT2D eigenvalue weighted by atomic mass is 16.6. The van der Waals surface area contributed by atoms with Crippen LogP contribution in [0.4, 0.5) is 4.79 Å². The molecule has 3 rings (SSSR count). The molecule has 1 amide bonds. The summed E-state index contributed by atoms with van der Waals surface area (Å²) in [5, 5.41) is 0. The van der Waals surface area contributed by atoms with E-state index < -0.39 is 0 Å². The van der Waals surface area contributed by atoms with Gasteiger partial charge in [0.05, 0.1) is 27.9 Å². The summed E-state index contributed by atoms with van der Waals surface area (Å²) in [6, 6.07) is 3.92. The molecule has 1 aromatic rings. The first kappa shape index (κ1) is 18.6. The Morgan fingerprint density at radius 3 is 2.31 bits per heavy atom. The molecular formula is C19H28N2O5. The fraction of sp³-hybridized carbons (Fsp3) is 0.632. The molecule has 2 saturated heterocycles. The second-order valence-electron chi connectivity index (χ2n) is 6.83. The van der Waals surface area contributed by atoms with Gasteiger partial charge >= 0.3 is 6.09 Å². The molecule has 1 spiro atoms. The number of nitrogens with zero attached hydrogens (tertiary/aromatic N) is 2. The number of benzene rings is 1. The maximum Gasteiger partial charge on any atom is 0.410 e. The normalized spacial score (nSPS) is 19.5. The summed E-state index contributed by atoms with van der Waals surface area (Å²) in [7, 11) is 4.87. The Morgan fingerprint density at radius 2 is 1.77 bits per heavy atom. The van der Waals surface area contributed by atoms with Crippen molar-refractivity contribution in [2.45, 2.75) is 31.9 Å². The van der Waals surface area contributed by atoms with Gasteiger partial charge in [0.1, 0.15) is 5.60 Å². The predicted octanol–water partition coefficient (Wildman–Crippen LogP) is 2.52. The Labute approximate surface area is 154 Å². The zero-order valence-corrected chi connectivity index (χ0v) is 16.0. The number of hydrogen-bond acceptors (Lipinski definition) is 6. The highest BCUT2D eigenvalue weighted by molar-refractivity contribution is 5.70. The smallest absolute Gasteiger partial charge is 0.410 e. The Bertz CT molecular complexity index is 656. The van der Waals surface area contributed by atoms with Gasteiger partial charge in [-0.15, -0.1) is 0 Å². The van der Waals surface area contributed by atoms with Crippen molar-refractivity contribution >= 4 is 6.09 Å². The van der Waals surface area contributed by atoms with Gasteiger partial charge in [0.15, 0.2) is 11.5 Å². The van der Waals surface area contributed by atoms with Crippen LogP contribution < -0.4 is 14.2 Å². The molecule has 0 unspecified atom stereocenters. The standard InChI is InChI=1S/C19H28N2O5/c1-5-21-13-19(26-18(21)22)8-10-20(11-9-19)12-14-6-7-15(23-2)17(25-4)16(14)24-3/h6-7H,5,8-13H2,1-4H3. The number of rotatable bonds is 6. The zero-order chi connectivity index (χ0) is 18.7. The fourth-order valence-electron chi connectivity index (χ4n) is 3.84. The molecule has 2 heterocycles. The van der Waals surface area contributed by atoms with E-state index in [0.29, 0.717) is 30.3 Å². The van der Waals surface area contributed by atoms with Crippen LogP contribution in [-0.4, -0.2) is 69.0 Å². The lowest BCUT2D eigenvalue weighted by Crippen LogP contribution is -2.46. The molecular weight excluding hydrogens is 336 g/mol. The van der Waals surface area contributed by atoms with Gasteiger partial charge < -0.3 is 23.8 Å². The lowest BCUT2D eigenvalue weighted by molar-refractivity contribution is -0.00137. The number of hydrogen-bond donors (Lipinski definition) is 0. The first-order valence-electron chi connectivity index (χ1n) is 9.04. The van der Waals surface area contributed by atoms with Crippen molar-refractivity contribution in [3.63, 3.8) is 0 Å². The molecule has 0 aliphatic carbocycles. The van der Waals surface area contributed by atoms with Crippen LogP contribution in [0.1, 0.15) is 25.3 Å². The van der Waals surface area contributed by atoms with Crippen LogP contribution in [-0.2, 0) is 11.3 Å². The van der Waals surface area contributed by atoms with Crippen LogP contribution in [0, 0.1) is 0 Å². The van der Waals surface area contributed by atoms with E-state index in [1.54, 1.807) is 26.2 Å². The van der Waals surface area contributed by atoms with E-state index in [-0.39, 0.29) is 11.7 Å². The SMILES string of the molecule is CCN1CC2(CCN(Cc3ccc(OC)c(OC)c3OC)CC2)OC1=O. The average molecular weight is 364 g/mol. The van der Waals surface area contributed by atoms with Crippen LogP contribution in [0.3, 0.4) is 0 Å². The quantitative estimate of drug-likeness (QED) is 0.773. The minimum Gasteiger partial charge on any atom is -0.493 e. The third-order valence-electron chi connectivity index (χ3n) is 5.37. The number of likely N-dealkylation sites (N-methyl/N-ethyl adjacent to an activating group) is 1. The summed E-state index contributed by atoms with van der Waals surface area (Å²) in [6.45, 7) is 5.90. The molecule has 1 aromatic carbocycles. The number of amides is 1. The van der Waals surface area contributed by atoms with E-state index >= 15 is 0 Å². The number of piperidine rings is 1. The third-order valence-corrected chi connectivity index (χ3v) is 5.37. The maximum atomic E-state index is 11.9. The topological polar surface area (TPSA) is 60.5 Å². The van der Waals surface area contributed by atoms with Crippen molar-refractivity contribution in [1.82, 2.24) is 9.80 Å². The lowest BCUT2D eigenvalue weighted by atomic mass is 9.91. The molecule has 7 nitrogen and oxygen atoms in total. The zero-order valence-electron chi connectivity index (χ0n) is 16.0. The molecule has 0 bridgehead atoms. The van der Waals surface area contributed by atoms with Gasteiger partial charge in [-0.1, -0.05) is 6.07 Å². The Morgan fingerprint density at radius 1 is 1.08 bits per heavy atom. The van der Waals surface area contributed by atoms with Gasteiger partial charge in [0.2, 0.25) is 5.75 Å². The van der Waals surface area contributed by atoms with Gasteiger partial charge in [0, 0.05) is 44.6 Å². The van der Waals surface area contributed by atoms with E-state index in [1.807, 2.05) is 19.1 Å². The van der Waals surface area contributed by atoms with Crippen LogP contribution in [0.5, 0.6) is 17.2 Å². The molecule has 7 heteroatoms. The van der Waals surface area contributed by atoms with Gasteiger partial charge in [-0.2, -0.15) is 0 Å². The molecule has 0 N–H and O–H groups in total. The van der Waals surface area contributed by atoms with Crippen LogP contribution in [0.2, 0.25) is 0 Å². The first-order valence-corrected chi connectivity index (χ1v) is 9.04. The van der Waals surface area contributed by atoms with E-state index in [0.717, 1.165) is 38.0 Å². The Kier molecular flexibility index (Phi) is 5.46. The van der Waals surface area contributed by atoms with E-state index in [9.17, 15) is 4.79 Å². The third kappa shape index (κ3) is 3.40. The number of carbonyl (C=O) groups excluding carboxylic acids is 1. The second kappa shape index (κ2) is 7.61. The summed E-state index contributed by atoms with van der Waals surface area (Å²) in [5.41, 5.74) is 0.741. The van der Waals surface area contributed by atoms with Crippen molar-refractivity contribution in [2.75, 3.05) is 47.5 Å². The van der Waals surface area contributed by atoms with E-state index in [2.05, 4.69) is 4.90 Å². The molecule has 26 heavy (non-hydrogen) atoms. The minimum atomic E-state index is -0.314. The van der Waals surface area contributed by atoms with Gasteiger partial charge in [-0.05, 0) is 13.0 Å². The van der Waals surface area contributed by atoms with Crippen molar-refractivity contribution < 1.29 is 23.7 Å². The monoisotopic (exact) mass is 364 g/mol. The van der Waals surface area contributed by atoms with Crippen molar-refractivity contribution in [1.29, 1.82) is 0 Å². The number of methoxy groups -OCH3 is 3. The van der Waals surface area contributed by atoms with Gasteiger partial charge in [-0.3, -0.25) is 4.90 Å². The van der Waals surface area contributed by atoms with E-state index in [1.165, 1.54) is 0 Å². The van der Waals surface area contributed by atoms with Crippen LogP contribution >= 0.6 is 0 Å². The van der Waals surface area contributed by atoms with Gasteiger partial charge in [0.25, 0.3) is 0 Å². The van der Waals surface area contributed by atoms with Crippen molar-refractivity contribution in [3.05, 3.63) is 17.7 Å². The fourth-order valence-corrected chi connectivity index (χ4v) is 3.84. The van der Waals surface area contributed by atoms with Gasteiger partial charge in [-0.25, -0.2) is 4.79 Å². The molecule has 0 atom stereocenters. The molecule has 0 aromatic heterocycles. The summed E-state index contributed by atoms with van der Waals surface area (Å²) < 4.78 is 22.1. The molecule has 0 radical (unpaired) electrons. The summed E-state index contributed by atoms with van der Waals surface area (Å²) in [4.78, 5) is 16.1. The highest BCUT2D eigenvalue weighted by Crippen LogP contribution is 2.41. The molecule has 2 fully saturated rings. The molecule has 2 aliphatic rings. The predicted molar refractivity (Wildman–Crippen MR) is 97.1 cm³/mol. The number of likely N-dealkylation sites (tertiary alicyclic amines) is 1. The van der Waals surface area contributed by atoms with Crippen molar-refractivity contribution in [3.8, 4) is 17.2 Å². The average Bonchev–Trinajstić information content (AvgIpc) is 2.98. The summed E-state index contributed by atoms with van der Waals surface area (Å²) >= 11 is 0. The largest absolute Gasteiger partial charge is 0.493 e. The first-order chi connectivity index (χ1) is 12.6. The molecule has 144 valence electrons. The van der Waals surface area contributed by atoms with Crippen molar-refractivity contribution in [2.24, 2.45) is 0 Å². The minimum absolute atomic E-state index is 0.178. The Balaban J connectivity index is 1.68. The number of carbonyl (C=O) groups is 1. The molecule has 2 aliphatic heterocycles. The van der Waals surface area contributed by atoms with E-state index in [4.69, 9.17) is 18.9 Å². The Hall–Kier alpha value is -2.15. The lowest BCUT2D eigenvalue weighted by Gasteiger charge is -2.37.